The molecule has 36 heavy (non-hydrogen) atoms. The molecular weight excluding hydrogens is 454 g/mol. The molecule has 0 radical (unpaired) electrons. The van der Waals surface area contributed by atoms with Crippen molar-refractivity contribution in [1.29, 1.82) is 0 Å². The van der Waals surface area contributed by atoms with Gasteiger partial charge in [-0.25, -0.2) is 0 Å². The topological polar surface area (TPSA) is 75.0 Å². The Labute approximate surface area is 212 Å². The average Bonchev–Trinajstić information content (AvgIpc) is 3.44. The van der Waals surface area contributed by atoms with Gasteiger partial charge in [-0.2, -0.15) is 0 Å². The summed E-state index contributed by atoms with van der Waals surface area (Å²) in [6.45, 7) is 3.25. The molecule has 5 rings (SSSR count). The van der Waals surface area contributed by atoms with E-state index in [1.54, 1.807) is 11.2 Å². The van der Waals surface area contributed by atoms with E-state index in [2.05, 4.69) is 34.5 Å². The van der Waals surface area contributed by atoms with Gasteiger partial charge in [0.05, 0.1) is 26.0 Å². The number of ether oxygens (including phenoxy) is 1. The summed E-state index contributed by atoms with van der Waals surface area (Å²) in [6, 6.07) is 23.2. The highest BCUT2D eigenvalue weighted by atomic mass is 16.5. The van der Waals surface area contributed by atoms with Crippen molar-refractivity contribution < 1.29 is 18.7 Å². The van der Waals surface area contributed by atoms with E-state index in [-0.39, 0.29) is 25.0 Å². The number of piperazine rings is 1. The monoisotopic (exact) mass is 487 g/mol. The van der Waals surface area contributed by atoms with E-state index in [4.69, 9.17) is 9.15 Å². The second-order valence-corrected chi connectivity index (χ2v) is 9.64. The zero-order valence-electron chi connectivity index (χ0n) is 20.5. The zero-order valence-corrected chi connectivity index (χ0v) is 20.5. The maximum atomic E-state index is 13.7. The SMILES string of the molecule is O=C1C(COCc2ccccc2)NC(=O)C2(CCN(CCc3ccccc3)CC2)N1Cc1ccco1. The molecule has 2 amide bonds. The van der Waals surface area contributed by atoms with Gasteiger partial charge in [0.25, 0.3) is 0 Å². The fraction of sp³-hybridized carbons (Fsp3) is 0.379. The Morgan fingerprint density at radius 3 is 2.28 bits per heavy atom. The van der Waals surface area contributed by atoms with Gasteiger partial charge in [0.15, 0.2) is 0 Å². The number of furan rings is 1. The molecule has 3 aromatic rings. The van der Waals surface area contributed by atoms with E-state index in [0.717, 1.165) is 31.6 Å². The van der Waals surface area contributed by atoms with Gasteiger partial charge >= 0.3 is 0 Å². The molecule has 1 aromatic heterocycles. The summed E-state index contributed by atoms with van der Waals surface area (Å²) in [6.07, 6.45) is 3.76. The summed E-state index contributed by atoms with van der Waals surface area (Å²) in [7, 11) is 0. The summed E-state index contributed by atoms with van der Waals surface area (Å²) in [5, 5.41) is 2.99. The number of rotatable bonds is 9. The molecule has 1 spiro atoms. The predicted octanol–water partition coefficient (Wildman–Crippen LogP) is 3.40. The van der Waals surface area contributed by atoms with E-state index in [9.17, 15) is 9.59 Å². The third kappa shape index (κ3) is 5.37. The Morgan fingerprint density at radius 2 is 1.61 bits per heavy atom. The molecule has 2 aliphatic heterocycles. The van der Waals surface area contributed by atoms with Crippen LogP contribution < -0.4 is 5.32 Å². The number of amides is 2. The lowest BCUT2D eigenvalue weighted by atomic mass is 9.81. The number of hydrogen-bond donors (Lipinski definition) is 1. The summed E-state index contributed by atoms with van der Waals surface area (Å²) in [5.41, 5.74) is 1.46. The third-order valence-corrected chi connectivity index (χ3v) is 7.34. The Bertz CT molecular complexity index is 1130. The van der Waals surface area contributed by atoms with Crippen LogP contribution in [0.4, 0.5) is 0 Å². The molecule has 2 aromatic carbocycles. The van der Waals surface area contributed by atoms with Gasteiger partial charge < -0.3 is 24.3 Å². The van der Waals surface area contributed by atoms with Gasteiger partial charge in [0.2, 0.25) is 11.8 Å². The number of nitrogens with one attached hydrogen (secondary N) is 1. The number of nitrogens with zero attached hydrogens (tertiary/aromatic N) is 2. The van der Waals surface area contributed by atoms with Crippen LogP contribution in [0.15, 0.2) is 83.5 Å². The lowest BCUT2D eigenvalue weighted by molar-refractivity contribution is -0.164. The molecule has 2 aliphatic rings. The van der Waals surface area contributed by atoms with Crippen LogP contribution in [-0.4, -0.2) is 59.4 Å². The van der Waals surface area contributed by atoms with Crippen molar-refractivity contribution in [1.82, 2.24) is 15.1 Å². The summed E-state index contributed by atoms with van der Waals surface area (Å²) >= 11 is 0. The Hall–Kier alpha value is -3.42. The maximum Gasteiger partial charge on any atom is 0.248 e. The van der Waals surface area contributed by atoms with Gasteiger partial charge in [0, 0.05) is 19.6 Å². The van der Waals surface area contributed by atoms with Crippen molar-refractivity contribution in [3.05, 3.63) is 95.9 Å². The fourth-order valence-electron chi connectivity index (χ4n) is 5.22. The number of carbonyl (C=O) groups excluding carboxylic acids is 2. The smallest absolute Gasteiger partial charge is 0.248 e. The maximum absolute atomic E-state index is 13.7. The minimum Gasteiger partial charge on any atom is -0.467 e. The van der Waals surface area contributed by atoms with Crippen LogP contribution in [-0.2, 0) is 33.9 Å². The highest BCUT2D eigenvalue weighted by Crippen LogP contribution is 2.34. The molecule has 2 fully saturated rings. The van der Waals surface area contributed by atoms with Gasteiger partial charge in [-0.15, -0.1) is 0 Å². The van der Waals surface area contributed by atoms with E-state index in [0.29, 0.717) is 25.2 Å². The van der Waals surface area contributed by atoms with Crippen LogP contribution in [0.25, 0.3) is 0 Å². The Kier molecular flexibility index (Phi) is 7.49. The van der Waals surface area contributed by atoms with E-state index in [1.807, 2.05) is 48.5 Å². The molecule has 1 unspecified atom stereocenters. The van der Waals surface area contributed by atoms with Gasteiger partial charge in [-0.3, -0.25) is 9.59 Å². The molecule has 1 atom stereocenters. The summed E-state index contributed by atoms with van der Waals surface area (Å²) < 4.78 is 11.4. The van der Waals surface area contributed by atoms with Crippen molar-refractivity contribution >= 4 is 11.8 Å². The van der Waals surface area contributed by atoms with Crippen LogP contribution in [0, 0.1) is 0 Å². The van der Waals surface area contributed by atoms with Crippen molar-refractivity contribution in [3.63, 3.8) is 0 Å². The van der Waals surface area contributed by atoms with E-state index >= 15 is 0 Å². The standard InChI is InChI=1S/C29H33N3O4/c33-27-26(22-35-21-24-10-5-2-6-11-24)30-28(34)29(32(27)20-25-12-7-19-36-25)14-17-31(18-15-29)16-13-23-8-3-1-4-9-23/h1-12,19,26H,13-18,20-22H2,(H,30,34). The number of piperidine rings is 1. The molecular formula is C29H33N3O4. The van der Waals surface area contributed by atoms with Gasteiger partial charge in [-0.1, -0.05) is 60.7 Å². The highest BCUT2D eigenvalue weighted by molar-refractivity contribution is 6.00. The number of benzene rings is 2. The molecule has 3 heterocycles. The quantitative estimate of drug-likeness (QED) is 0.501. The van der Waals surface area contributed by atoms with Crippen molar-refractivity contribution in [2.24, 2.45) is 0 Å². The minimum absolute atomic E-state index is 0.0929. The second kappa shape index (κ2) is 11.1. The fourth-order valence-corrected chi connectivity index (χ4v) is 5.22. The lowest BCUT2D eigenvalue weighted by Gasteiger charge is -2.51. The summed E-state index contributed by atoms with van der Waals surface area (Å²) in [4.78, 5) is 31.4. The first-order valence-corrected chi connectivity index (χ1v) is 12.7. The normalized spacial score (nSPS) is 20.0. The van der Waals surface area contributed by atoms with Crippen LogP contribution >= 0.6 is 0 Å². The first-order chi connectivity index (χ1) is 17.6. The molecule has 7 nitrogen and oxygen atoms in total. The second-order valence-electron chi connectivity index (χ2n) is 9.64. The van der Waals surface area contributed by atoms with Crippen molar-refractivity contribution in [2.75, 3.05) is 26.2 Å². The molecule has 0 bridgehead atoms. The van der Waals surface area contributed by atoms with Crippen molar-refractivity contribution in [3.8, 4) is 0 Å². The zero-order chi connectivity index (χ0) is 24.8. The molecule has 0 saturated carbocycles. The molecule has 1 N–H and O–H groups in total. The van der Waals surface area contributed by atoms with Crippen molar-refractivity contribution in [2.45, 2.75) is 44.0 Å². The highest BCUT2D eigenvalue weighted by Gasteiger charge is 2.53. The van der Waals surface area contributed by atoms with Crippen LogP contribution in [0.5, 0.6) is 0 Å². The summed E-state index contributed by atoms with van der Waals surface area (Å²) in [5.74, 6) is 0.467. The first kappa shape index (κ1) is 24.3. The Morgan fingerprint density at radius 1 is 0.917 bits per heavy atom. The molecule has 2 saturated heterocycles. The van der Waals surface area contributed by atoms with E-state index < -0.39 is 11.6 Å². The number of carbonyl (C=O) groups is 2. The largest absolute Gasteiger partial charge is 0.467 e. The molecule has 7 heteroatoms. The molecule has 188 valence electrons. The Balaban J connectivity index is 1.25. The third-order valence-electron chi connectivity index (χ3n) is 7.34. The molecule has 0 aliphatic carbocycles. The number of likely N-dealkylation sites (tertiary alicyclic amines) is 1. The van der Waals surface area contributed by atoms with Crippen LogP contribution in [0.1, 0.15) is 29.7 Å². The average molecular weight is 488 g/mol. The predicted molar refractivity (Wildman–Crippen MR) is 136 cm³/mol. The number of hydrogen-bond acceptors (Lipinski definition) is 5. The van der Waals surface area contributed by atoms with Crippen LogP contribution in [0.2, 0.25) is 0 Å². The van der Waals surface area contributed by atoms with Gasteiger partial charge in [0.1, 0.15) is 17.3 Å². The van der Waals surface area contributed by atoms with Crippen LogP contribution in [0.3, 0.4) is 0 Å². The lowest BCUT2D eigenvalue weighted by Crippen LogP contribution is -2.73. The van der Waals surface area contributed by atoms with Gasteiger partial charge in [-0.05, 0) is 42.5 Å². The van der Waals surface area contributed by atoms with E-state index in [1.165, 1.54) is 5.56 Å². The minimum atomic E-state index is -0.872. The first-order valence-electron chi connectivity index (χ1n) is 12.7.